The van der Waals surface area contributed by atoms with Crippen molar-refractivity contribution in [2.75, 3.05) is 20.6 Å². The molecule has 1 atom stereocenters. The Morgan fingerprint density at radius 3 is 2.15 bits per heavy atom. The summed E-state index contributed by atoms with van der Waals surface area (Å²) in [6.45, 7) is -0.283. The second-order valence-corrected chi connectivity index (χ2v) is 12.2. The van der Waals surface area contributed by atoms with Gasteiger partial charge in [0.25, 0.3) is 0 Å². The highest BCUT2D eigenvalue weighted by Gasteiger charge is 2.32. The van der Waals surface area contributed by atoms with Gasteiger partial charge in [-0.1, -0.05) is 88.7 Å². The molecule has 9 heteroatoms. The zero-order valence-corrected chi connectivity index (χ0v) is 24.2. The number of rotatable bonds is 10. The van der Waals surface area contributed by atoms with Crippen molar-refractivity contribution in [2.45, 2.75) is 23.9 Å². The van der Waals surface area contributed by atoms with E-state index in [0.717, 1.165) is 30.7 Å². The molecule has 0 bridgehead atoms. The molecule has 0 spiro atoms. The van der Waals surface area contributed by atoms with Crippen molar-refractivity contribution in [1.29, 1.82) is 0 Å². The monoisotopic (exact) mass is 607 g/mol. The Bertz CT molecular complexity index is 1560. The molecule has 4 aromatic carbocycles. The molecule has 0 saturated heterocycles. The predicted molar refractivity (Wildman–Crippen MR) is 156 cm³/mol. The number of sulfonamides is 1. The van der Waals surface area contributed by atoms with Crippen LogP contribution in [0.1, 0.15) is 11.1 Å². The van der Waals surface area contributed by atoms with Crippen LogP contribution in [-0.2, 0) is 32.6 Å². The van der Waals surface area contributed by atoms with Gasteiger partial charge in [-0.15, -0.1) is 0 Å². The van der Waals surface area contributed by atoms with Crippen molar-refractivity contribution in [3.63, 3.8) is 0 Å². The van der Waals surface area contributed by atoms with E-state index in [0.29, 0.717) is 0 Å². The van der Waals surface area contributed by atoms with Gasteiger partial charge in [-0.25, -0.2) is 8.42 Å². The summed E-state index contributed by atoms with van der Waals surface area (Å²) in [5, 5.41) is 4.38. The van der Waals surface area contributed by atoms with Gasteiger partial charge in [-0.3, -0.25) is 9.59 Å². The van der Waals surface area contributed by atoms with Gasteiger partial charge in [-0.05, 0) is 46.2 Å². The zero-order chi connectivity index (χ0) is 28.0. The lowest BCUT2D eigenvalue weighted by atomic mass is 10.0. The number of halogens is 1. The fraction of sp³-hybridized carbons (Fsp3) is 0.200. The minimum atomic E-state index is -3.97. The van der Waals surface area contributed by atoms with Crippen LogP contribution in [0.3, 0.4) is 0 Å². The number of carbonyl (C=O) groups excluding carboxylic acids is 2. The van der Waals surface area contributed by atoms with Crippen LogP contribution in [0.5, 0.6) is 0 Å². The van der Waals surface area contributed by atoms with Crippen LogP contribution < -0.4 is 5.32 Å². The highest BCUT2D eigenvalue weighted by Crippen LogP contribution is 2.22. The first kappa shape index (κ1) is 28.5. The molecule has 0 unspecified atom stereocenters. The fourth-order valence-electron chi connectivity index (χ4n) is 4.38. The molecule has 2 amide bonds. The lowest BCUT2D eigenvalue weighted by molar-refractivity contribution is -0.141. The topological polar surface area (TPSA) is 86.8 Å². The highest BCUT2D eigenvalue weighted by atomic mass is 79.9. The Balaban J connectivity index is 1.64. The van der Waals surface area contributed by atoms with E-state index in [9.17, 15) is 18.0 Å². The van der Waals surface area contributed by atoms with Gasteiger partial charge in [0.15, 0.2) is 0 Å². The van der Waals surface area contributed by atoms with Crippen LogP contribution in [0.4, 0.5) is 0 Å². The second kappa shape index (κ2) is 12.5. The van der Waals surface area contributed by atoms with E-state index in [1.54, 1.807) is 18.2 Å². The quantitative estimate of drug-likeness (QED) is 0.285. The minimum Gasteiger partial charge on any atom is -0.357 e. The molecule has 1 N–H and O–H groups in total. The molecule has 0 aliphatic heterocycles. The third kappa shape index (κ3) is 6.92. The maximum absolute atomic E-state index is 13.8. The maximum Gasteiger partial charge on any atom is 0.243 e. The number of likely N-dealkylation sites (N-methyl/N-ethyl adjacent to an activating group) is 2. The first-order valence-corrected chi connectivity index (χ1v) is 14.7. The van der Waals surface area contributed by atoms with Gasteiger partial charge < -0.3 is 10.2 Å². The van der Waals surface area contributed by atoms with Crippen LogP contribution in [0.15, 0.2) is 106 Å². The van der Waals surface area contributed by atoms with Crippen molar-refractivity contribution < 1.29 is 18.0 Å². The maximum atomic E-state index is 13.8. The summed E-state index contributed by atoms with van der Waals surface area (Å²) in [4.78, 5) is 28.4. The van der Waals surface area contributed by atoms with E-state index in [-0.39, 0.29) is 23.8 Å². The smallest absolute Gasteiger partial charge is 0.243 e. The summed E-state index contributed by atoms with van der Waals surface area (Å²) in [6, 6.07) is 28.4. The van der Waals surface area contributed by atoms with Crippen LogP contribution in [0.25, 0.3) is 10.8 Å². The number of nitrogens with one attached hydrogen (secondary N) is 1. The normalized spacial score (nSPS) is 12.3. The molecular formula is C30H30BrN3O4S. The van der Waals surface area contributed by atoms with E-state index >= 15 is 0 Å². The fourth-order valence-corrected chi connectivity index (χ4v) is 5.80. The van der Waals surface area contributed by atoms with Gasteiger partial charge >= 0.3 is 0 Å². The Morgan fingerprint density at radius 1 is 0.846 bits per heavy atom. The number of hydrogen-bond acceptors (Lipinski definition) is 4. The number of carbonyl (C=O) groups is 2. The summed E-state index contributed by atoms with van der Waals surface area (Å²) in [5.41, 5.74) is 1.70. The van der Waals surface area contributed by atoms with E-state index in [1.165, 1.54) is 19.0 Å². The Labute approximate surface area is 237 Å². The summed E-state index contributed by atoms with van der Waals surface area (Å²) >= 11 is 3.42. The number of nitrogens with zero attached hydrogens (tertiary/aromatic N) is 2. The third-order valence-electron chi connectivity index (χ3n) is 6.57. The molecule has 0 aliphatic carbocycles. The Kier molecular flexibility index (Phi) is 9.16. The molecule has 0 aliphatic rings. The van der Waals surface area contributed by atoms with Gasteiger partial charge in [0.1, 0.15) is 6.04 Å². The van der Waals surface area contributed by atoms with Gasteiger partial charge in [0, 0.05) is 31.5 Å². The van der Waals surface area contributed by atoms with E-state index in [4.69, 9.17) is 0 Å². The van der Waals surface area contributed by atoms with Gasteiger partial charge in [0.05, 0.1) is 11.4 Å². The van der Waals surface area contributed by atoms with Crippen LogP contribution in [0, 0.1) is 0 Å². The first-order valence-electron chi connectivity index (χ1n) is 12.4. The van der Waals surface area contributed by atoms with E-state index in [1.807, 2.05) is 78.9 Å². The van der Waals surface area contributed by atoms with Crippen LogP contribution >= 0.6 is 15.9 Å². The predicted octanol–water partition coefficient (Wildman–Crippen LogP) is 4.61. The zero-order valence-electron chi connectivity index (χ0n) is 21.7. The average Bonchev–Trinajstić information content (AvgIpc) is 2.95. The summed E-state index contributed by atoms with van der Waals surface area (Å²) < 4.78 is 28.8. The summed E-state index contributed by atoms with van der Waals surface area (Å²) in [5.74, 6) is -0.807. The molecule has 0 heterocycles. The van der Waals surface area contributed by atoms with Crippen molar-refractivity contribution >= 4 is 48.5 Å². The second-order valence-electron chi connectivity index (χ2n) is 9.24. The molecule has 39 heavy (non-hydrogen) atoms. The first-order chi connectivity index (χ1) is 18.7. The summed E-state index contributed by atoms with van der Waals surface area (Å²) in [6.07, 6.45) is 0.282. The molecular weight excluding hydrogens is 578 g/mol. The lowest BCUT2D eigenvalue weighted by Gasteiger charge is -2.32. The summed E-state index contributed by atoms with van der Waals surface area (Å²) in [7, 11) is -1.06. The van der Waals surface area contributed by atoms with Gasteiger partial charge in [0.2, 0.25) is 21.8 Å². The van der Waals surface area contributed by atoms with Crippen molar-refractivity contribution in [1.82, 2.24) is 14.5 Å². The molecule has 0 radical (unpaired) electrons. The SMILES string of the molecule is CNC(=O)[C@H](Cc1ccccc1)N(Cc1ccc(Br)cc1)C(=O)CN(C)S(=O)(=O)c1ccc2ccccc2c1. The lowest BCUT2D eigenvalue weighted by Crippen LogP contribution is -2.52. The average molecular weight is 609 g/mol. The molecule has 0 saturated carbocycles. The van der Waals surface area contributed by atoms with Crippen molar-refractivity contribution in [3.8, 4) is 0 Å². The number of hydrogen-bond donors (Lipinski definition) is 1. The van der Waals surface area contributed by atoms with Crippen molar-refractivity contribution in [2.24, 2.45) is 0 Å². The Hall–Kier alpha value is -3.53. The number of fused-ring (bicyclic) bond motifs is 1. The standard InChI is InChI=1S/C30H30BrN3O4S/c1-32-30(36)28(18-22-8-4-3-5-9-22)34(20-23-12-15-26(31)16-13-23)29(35)21-33(2)39(37,38)27-17-14-24-10-6-7-11-25(24)19-27/h3-17,19,28H,18,20-21H2,1-2H3,(H,32,36)/t28-/m0/s1. The number of amides is 2. The minimum absolute atomic E-state index is 0.100. The number of benzene rings is 4. The highest BCUT2D eigenvalue weighted by molar-refractivity contribution is 9.10. The Morgan fingerprint density at radius 2 is 1.49 bits per heavy atom. The molecule has 7 nitrogen and oxygen atoms in total. The van der Waals surface area contributed by atoms with Crippen molar-refractivity contribution in [3.05, 3.63) is 113 Å². The molecule has 4 aromatic rings. The van der Waals surface area contributed by atoms with Gasteiger partial charge in [-0.2, -0.15) is 4.31 Å². The largest absolute Gasteiger partial charge is 0.357 e. The molecule has 4 rings (SSSR count). The molecule has 0 fully saturated rings. The van der Waals surface area contributed by atoms with E-state index < -0.39 is 28.5 Å². The third-order valence-corrected chi connectivity index (χ3v) is 8.90. The van der Waals surface area contributed by atoms with E-state index in [2.05, 4.69) is 21.2 Å². The molecule has 202 valence electrons. The van der Waals surface area contributed by atoms with Crippen LogP contribution in [0.2, 0.25) is 0 Å². The molecule has 0 aromatic heterocycles. The van der Waals surface area contributed by atoms with Crippen LogP contribution in [-0.4, -0.2) is 56.1 Å².